The fourth-order valence-electron chi connectivity index (χ4n) is 2.68. The van der Waals surface area contributed by atoms with Gasteiger partial charge in [0.05, 0.1) is 0 Å². The number of rotatable bonds is 4. The summed E-state index contributed by atoms with van der Waals surface area (Å²) in [5.74, 6) is -1.41. The van der Waals surface area contributed by atoms with Gasteiger partial charge >= 0.3 is 6.03 Å². The Morgan fingerprint density at radius 1 is 1.12 bits per heavy atom. The quantitative estimate of drug-likeness (QED) is 0.772. The third-order valence-electron chi connectivity index (χ3n) is 3.98. The Morgan fingerprint density at radius 2 is 1.73 bits per heavy atom. The third kappa shape index (κ3) is 3.60. The third-order valence-corrected chi connectivity index (χ3v) is 4.51. The van der Waals surface area contributed by atoms with Crippen LogP contribution in [0.3, 0.4) is 0 Å². The molecule has 0 spiro atoms. The Kier molecular flexibility index (Phi) is 5.03. The van der Waals surface area contributed by atoms with Gasteiger partial charge in [-0.05, 0) is 55.5 Å². The average molecular weight is 420 g/mol. The average Bonchev–Trinajstić information content (AvgIpc) is 2.82. The fraction of sp³-hybridized carbons (Fsp3) is 0.167. The van der Waals surface area contributed by atoms with Crippen LogP contribution in [0.25, 0.3) is 0 Å². The Hall–Kier alpha value is -2.74. The minimum atomic E-state index is -0.770. The first-order valence-corrected chi connectivity index (χ1v) is 8.61. The number of nitrogens with zero attached hydrogens (tertiary/aromatic N) is 2. The molecule has 0 radical (unpaired) electrons. The Labute approximate surface area is 157 Å². The summed E-state index contributed by atoms with van der Waals surface area (Å²) in [6.07, 6.45) is 0. The first-order valence-electron chi connectivity index (χ1n) is 7.82. The molecule has 1 aliphatic heterocycles. The van der Waals surface area contributed by atoms with Gasteiger partial charge in [0.25, 0.3) is 5.91 Å². The summed E-state index contributed by atoms with van der Waals surface area (Å²) in [7, 11) is 0. The highest BCUT2D eigenvalue weighted by molar-refractivity contribution is 9.10. The number of anilines is 2. The molecule has 0 unspecified atom stereocenters. The summed E-state index contributed by atoms with van der Waals surface area (Å²) in [5.41, 5.74) is 0.953. The van der Waals surface area contributed by atoms with Gasteiger partial charge in [-0.1, -0.05) is 15.9 Å². The molecule has 8 heteroatoms. The van der Waals surface area contributed by atoms with Crippen LogP contribution >= 0.6 is 15.9 Å². The molecule has 6 nitrogen and oxygen atoms in total. The van der Waals surface area contributed by atoms with E-state index < -0.39 is 36.2 Å². The monoisotopic (exact) mass is 419 g/mol. The van der Waals surface area contributed by atoms with E-state index in [9.17, 15) is 18.8 Å². The summed E-state index contributed by atoms with van der Waals surface area (Å²) < 4.78 is 14.0. The van der Waals surface area contributed by atoms with Crippen molar-refractivity contribution >= 4 is 45.2 Å². The highest BCUT2D eigenvalue weighted by atomic mass is 79.9. The van der Waals surface area contributed by atoms with E-state index >= 15 is 0 Å². The van der Waals surface area contributed by atoms with E-state index in [1.807, 2.05) is 0 Å². The largest absolute Gasteiger partial charge is 0.332 e. The molecule has 1 aliphatic rings. The zero-order valence-corrected chi connectivity index (χ0v) is 15.4. The van der Waals surface area contributed by atoms with Crippen molar-refractivity contribution in [3.8, 4) is 0 Å². The van der Waals surface area contributed by atoms with Gasteiger partial charge in [0.15, 0.2) is 0 Å². The van der Waals surface area contributed by atoms with Crippen molar-refractivity contribution in [3.05, 3.63) is 58.8 Å². The molecule has 2 aromatic carbocycles. The second-order valence-corrected chi connectivity index (χ2v) is 6.70. The van der Waals surface area contributed by atoms with Crippen LogP contribution in [0.2, 0.25) is 0 Å². The van der Waals surface area contributed by atoms with Gasteiger partial charge in [-0.25, -0.2) is 9.18 Å². The summed E-state index contributed by atoms with van der Waals surface area (Å²) in [4.78, 5) is 39.3. The maximum Gasteiger partial charge on any atom is 0.332 e. The molecule has 1 N–H and O–H groups in total. The predicted molar refractivity (Wildman–Crippen MR) is 98.2 cm³/mol. The van der Waals surface area contributed by atoms with Crippen LogP contribution in [0, 0.1) is 5.82 Å². The van der Waals surface area contributed by atoms with Crippen molar-refractivity contribution in [2.45, 2.75) is 13.0 Å². The van der Waals surface area contributed by atoms with E-state index in [-0.39, 0.29) is 0 Å². The summed E-state index contributed by atoms with van der Waals surface area (Å²) in [6.45, 7) is 1.17. The smallest absolute Gasteiger partial charge is 0.325 e. The Bertz CT molecular complexity index is 855. The summed E-state index contributed by atoms with van der Waals surface area (Å²) >= 11 is 3.30. The molecular formula is C18H15BrFN3O3. The minimum Gasteiger partial charge on any atom is -0.325 e. The van der Waals surface area contributed by atoms with E-state index in [0.29, 0.717) is 11.4 Å². The highest BCUT2D eigenvalue weighted by Crippen LogP contribution is 2.26. The number of hydrogen-bond acceptors (Lipinski definition) is 3. The van der Waals surface area contributed by atoms with Crippen molar-refractivity contribution in [2.75, 3.05) is 16.8 Å². The lowest BCUT2D eigenvalue weighted by molar-refractivity contribution is -0.130. The Balaban J connectivity index is 1.72. The first kappa shape index (κ1) is 18.1. The van der Waals surface area contributed by atoms with Gasteiger partial charge in [-0.3, -0.25) is 19.4 Å². The molecule has 1 saturated heterocycles. The number of carbonyl (C=O) groups is 3. The highest BCUT2D eigenvalue weighted by Gasteiger charge is 2.44. The van der Waals surface area contributed by atoms with Crippen molar-refractivity contribution in [3.63, 3.8) is 0 Å². The van der Waals surface area contributed by atoms with Gasteiger partial charge in [0.1, 0.15) is 18.4 Å². The van der Waals surface area contributed by atoms with Crippen LogP contribution in [-0.2, 0) is 9.59 Å². The molecule has 0 saturated carbocycles. The maximum atomic E-state index is 13.1. The van der Waals surface area contributed by atoms with Crippen LogP contribution in [0.1, 0.15) is 6.92 Å². The number of benzene rings is 2. The lowest BCUT2D eigenvalue weighted by atomic mass is 10.2. The number of urea groups is 1. The van der Waals surface area contributed by atoms with Crippen LogP contribution in [0.4, 0.5) is 20.6 Å². The molecule has 0 bridgehead atoms. The van der Waals surface area contributed by atoms with Crippen molar-refractivity contribution in [1.82, 2.24) is 4.90 Å². The van der Waals surface area contributed by atoms with Crippen LogP contribution in [0.15, 0.2) is 53.0 Å². The number of imide groups is 1. The molecular weight excluding hydrogens is 405 g/mol. The number of halogens is 2. The van der Waals surface area contributed by atoms with Crippen molar-refractivity contribution < 1.29 is 18.8 Å². The zero-order valence-electron chi connectivity index (χ0n) is 13.8. The normalized spacial score (nSPS) is 17.0. The molecule has 1 atom stereocenters. The SMILES string of the molecule is C[C@H]1C(=O)N(CC(=O)Nc2ccc(Br)cc2)C(=O)N1c1ccc(F)cc1. The number of hydrogen-bond donors (Lipinski definition) is 1. The van der Waals surface area contributed by atoms with Crippen LogP contribution in [0.5, 0.6) is 0 Å². The lowest BCUT2D eigenvalue weighted by Gasteiger charge is -2.19. The van der Waals surface area contributed by atoms with E-state index in [0.717, 1.165) is 9.37 Å². The molecule has 134 valence electrons. The van der Waals surface area contributed by atoms with Gasteiger partial charge in [0, 0.05) is 15.8 Å². The van der Waals surface area contributed by atoms with Gasteiger partial charge in [-0.15, -0.1) is 0 Å². The van der Waals surface area contributed by atoms with Gasteiger partial charge in [0.2, 0.25) is 5.91 Å². The fourth-order valence-corrected chi connectivity index (χ4v) is 2.95. The zero-order chi connectivity index (χ0) is 18.8. The summed E-state index contributed by atoms with van der Waals surface area (Å²) in [6, 6.07) is 10.8. The van der Waals surface area contributed by atoms with E-state index in [4.69, 9.17) is 0 Å². The van der Waals surface area contributed by atoms with E-state index in [2.05, 4.69) is 21.2 Å². The van der Waals surface area contributed by atoms with Crippen LogP contribution in [-0.4, -0.2) is 35.3 Å². The molecule has 2 aromatic rings. The van der Waals surface area contributed by atoms with E-state index in [1.165, 1.54) is 29.2 Å². The van der Waals surface area contributed by atoms with Crippen LogP contribution < -0.4 is 10.2 Å². The molecule has 4 amide bonds. The number of amides is 4. The molecule has 1 fully saturated rings. The number of nitrogens with one attached hydrogen (secondary N) is 1. The Morgan fingerprint density at radius 3 is 2.35 bits per heavy atom. The summed E-state index contributed by atoms with van der Waals surface area (Å²) in [5, 5.41) is 2.64. The van der Waals surface area contributed by atoms with Crippen molar-refractivity contribution in [2.24, 2.45) is 0 Å². The standard InChI is InChI=1S/C18H15BrFN3O3/c1-11-17(25)22(10-16(24)21-14-6-2-12(19)3-7-14)18(26)23(11)15-8-4-13(20)5-9-15/h2-9,11H,10H2,1H3,(H,21,24)/t11-/m0/s1. The van der Waals surface area contributed by atoms with Crippen molar-refractivity contribution in [1.29, 1.82) is 0 Å². The van der Waals surface area contributed by atoms with Gasteiger partial charge < -0.3 is 5.32 Å². The second-order valence-electron chi connectivity index (χ2n) is 5.78. The molecule has 0 aliphatic carbocycles. The second kappa shape index (κ2) is 7.25. The number of carbonyl (C=O) groups excluding carboxylic acids is 3. The maximum absolute atomic E-state index is 13.1. The lowest BCUT2D eigenvalue weighted by Crippen LogP contribution is -2.39. The predicted octanol–water partition coefficient (Wildman–Crippen LogP) is 3.38. The molecule has 26 heavy (non-hydrogen) atoms. The first-order chi connectivity index (χ1) is 12.4. The molecule has 1 heterocycles. The van der Waals surface area contributed by atoms with Gasteiger partial charge in [-0.2, -0.15) is 0 Å². The topological polar surface area (TPSA) is 69.7 Å². The molecule has 0 aromatic heterocycles. The minimum absolute atomic E-state index is 0.393. The van der Waals surface area contributed by atoms with E-state index in [1.54, 1.807) is 31.2 Å². The molecule has 3 rings (SSSR count).